The minimum atomic E-state index is -0.147. The molecule has 0 saturated heterocycles. The predicted octanol–water partition coefficient (Wildman–Crippen LogP) is 1.71. The van der Waals surface area contributed by atoms with Crippen LogP contribution in [-0.4, -0.2) is 29.3 Å². The zero-order chi connectivity index (χ0) is 11.0. The molecule has 2 N–H and O–H groups in total. The first kappa shape index (κ1) is 9.58. The van der Waals surface area contributed by atoms with Crippen LogP contribution in [0.15, 0.2) is 24.4 Å². The van der Waals surface area contributed by atoms with E-state index in [9.17, 15) is 10.2 Å². The molecule has 0 aliphatic carbocycles. The third kappa shape index (κ3) is 1.54. The second-order valence-corrected chi connectivity index (χ2v) is 3.58. The summed E-state index contributed by atoms with van der Waals surface area (Å²) in [5.41, 5.74) is 1.62. The van der Waals surface area contributed by atoms with Gasteiger partial charge in [-0.25, -0.2) is 0 Å². The number of rotatable bonds is 1. The van der Waals surface area contributed by atoms with Crippen molar-refractivity contribution in [3.63, 3.8) is 0 Å². The molecule has 4 nitrogen and oxygen atoms in total. The molecule has 0 saturated carbocycles. The number of hydrogen-bond acceptors (Lipinski definition) is 4. The lowest BCUT2D eigenvalue weighted by Crippen LogP contribution is -2.09. The maximum Gasteiger partial charge on any atom is 0.159 e. The smallest absolute Gasteiger partial charge is 0.159 e. The molecule has 0 spiro atoms. The van der Waals surface area contributed by atoms with Crippen molar-refractivity contribution in [1.82, 2.24) is 4.98 Å². The number of phenolic OH excluding ortho intramolecular Hbond substituents is 2. The van der Waals surface area contributed by atoms with Gasteiger partial charge in [-0.3, -0.25) is 4.98 Å². The highest BCUT2D eigenvalue weighted by Gasteiger charge is 2.07. The van der Waals surface area contributed by atoms with Gasteiger partial charge in [0.25, 0.3) is 0 Å². The number of fused-ring (bicyclic) bond motifs is 1. The molecule has 0 amide bonds. The van der Waals surface area contributed by atoms with Crippen LogP contribution in [0.1, 0.15) is 0 Å². The molecule has 1 aromatic carbocycles. The number of phenols is 2. The molecule has 78 valence electrons. The number of pyridine rings is 1. The van der Waals surface area contributed by atoms with Crippen LogP contribution in [0.4, 0.5) is 5.69 Å². The predicted molar refractivity (Wildman–Crippen MR) is 59.4 cm³/mol. The molecule has 0 aliphatic rings. The Hall–Kier alpha value is -1.97. The SMILES string of the molecule is CN(C)c1ccnc2cc(O)c(O)cc12. The number of hydrogen-bond donors (Lipinski definition) is 2. The van der Waals surface area contributed by atoms with Crippen LogP contribution in [0.3, 0.4) is 0 Å². The third-order valence-electron chi connectivity index (χ3n) is 2.30. The second kappa shape index (κ2) is 3.31. The summed E-state index contributed by atoms with van der Waals surface area (Å²) >= 11 is 0. The minimum Gasteiger partial charge on any atom is -0.504 e. The summed E-state index contributed by atoms with van der Waals surface area (Å²) < 4.78 is 0. The Morgan fingerprint density at radius 2 is 1.80 bits per heavy atom. The molecule has 4 heteroatoms. The Labute approximate surface area is 87.4 Å². The Morgan fingerprint density at radius 3 is 2.47 bits per heavy atom. The van der Waals surface area contributed by atoms with Gasteiger partial charge >= 0.3 is 0 Å². The van der Waals surface area contributed by atoms with Gasteiger partial charge in [-0.05, 0) is 12.1 Å². The first-order chi connectivity index (χ1) is 7.09. The highest BCUT2D eigenvalue weighted by atomic mass is 16.3. The van der Waals surface area contributed by atoms with E-state index < -0.39 is 0 Å². The van der Waals surface area contributed by atoms with Gasteiger partial charge in [0.1, 0.15) is 0 Å². The van der Waals surface area contributed by atoms with E-state index in [1.807, 2.05) is 25.1 Å². The molecular formula is C11H12N2O2. The highest BCUT2D eigenvalue weighted by Crippen LogP contribution is 2.33. The topological polar surface area (TPSA) is 56.6 Å². The van der Waals surface area contributed by atoms with E-state index in [-0.39, 0.29) is 11.5 Å². The molecule has 15 heavy (non-hydrogen) atoms. The average Bonchev–Trinajstić information content (AvgIpc) is 2.18. The van der Waals surface area contributed by atoms with Crippen molar-refractivity contribution in [3.05, 3.63) is 24.4 Å². The number of benzene rings is 1. The van der Waals surface area contributed by atoms with Crippen molar-refractivity contribution >= 4 is 16.6 Å². The molecule has 1 heterocycles. The van der Waals surface area contributed by atoms with E-state index in [0.29, 0.717) is 5.52 Å². The molecule has 2 rings (SSSR count). The monoisotopic (exact) mass is 204 g/mol. The molecule has 0 fully saturated rings. The Bertz CT molecular complexity index is 509. The summed E-state index contributed by atoms with van der Waals surface area (Å²) in [5, 5.41) is 19.6. The molecule has 0 radical (unpaired) electrons. The molecule has 0 bridgehead atoms. The van der Waals surface area contributed by atoms with E-state index in [4.69, 9.17) is 0 Å². The van der Waals surface area contributed by atoms with Crippen molar-refractivity contribution in [2.45, 2.75) is 0 Å². The normalized spacial score (nSPS) is 10.5. The van der Waals surface area contributed by atoms with Crippen LogP contribution in [0.2, 0.25) is 0 Å². The number of aromatic hydroxyl groups is 2. The van der Waals surface area contributed by atoms with Gasteiger partial charge in [0.15, 0.2) is 11.5 Å². The Morgan fingerprint density at radius 1 is 1.13 bits per heavy atom. The summed E-state index contributed by atoms with van der Waals surface area (Å²) in [5.74, 6) is -0.274. The lowest BCUT2D eigenvalue weighted by atomic mass is 10.1. The second-order valence-electron chi connectivity index (χ2n) is 3.58. The molecule has 0 atom stereocenters. The van der Waals surface area contributed by atoms with Gasteiger partial charge in [-0.2, -0.15) is 0 Å². The quantitative estimate of drug-likeness (QED) is 0.694. The zero-order valence-corrected chi connectivity index (χ0v) is 8.60. The Balaban J connectivity index is 2.80. The van der Waals surface area contributed by atoms with Gasteiger partial charge in [-0.15, -0.1) is 0 Å². The fourth-order valence-corrected chi connectivity index (χ4v) is 1.55. The molecule has 0 unspecified atom stereocenters. The highest BCUT2D eigenvalue weighted by molar-refractivity contribution is 5.93. The standard InChI is InChI=1S/C11H12N2O2/c1-13(2)9-3-4-12-8-6-11(15)10(14)5-7(8)9/h3-6,14-15H,1-2H3. The van der Waals surface area contributed by atoms with Crippen LogP contribution >= 0.6 is 0 Å². The number of aromatic nitrogens is 1. The minimum absolute atomic E-state index is 0.126. The van der Waals surface area contributed by atoms with Crippen LogP contribution in [0.25, 0.3) is 10.9 Å². The van der Waals surface area contributed by atoms with E-state index >= 15 is 0 Å². The van der Waals surface area contributed by atoms with E-state index in [2.05, 4.69) is 4.98 Å². The largest absolute Gasteiger partial charge is 0.504 e. The fourth-order valence-electron chi connectivity index (χ4n) is 1.55. The average molecular weight is 204 g/mol. The summed E-state index contributed by atoms with van der Waals surface area (Å²) in [6, 6.07) is 4.84. The summed E-state index contributed by atoms with van der Waals surface area (Å²) in [6.07, 6.45) is 1.67. The lowest BCUT2D eigenvalue weighted by Gasteiger charge is -2.15. The first-order valence-electron chi connectivity index (χ1n) is 4.57. The molecule has 2 aromatic rings. The summed E-state index contributed by atoms with van der Waals surface area (Å²) in [6.45, 7) is 0. The maximum absolute atomic E-state index is 9.43. The van der Waals surface area contributed by atoms with E-state index in [1.54, 1.807) is 6.20 Å². The molecule has 0 aliphatic heterocycles. The van der Waals surface area contributed by atoms with Crippen molar-refractivity contribution in [2.75, 3.05) is 19.0 Å². The summed E-state index contributed by atoms with van der Waals surface area (Å²) in [4.78, 5) is 6.06. The van der Waals surface area contributed by atoms with Gasteiger partial charge in [0, 0.05) is 37.4 Å². The number of nitrogens with zero attached hydrogens (tertiary/aromatic N) is 2. The lowest BCUT2D eigenvalue weighted by molar-refractivity contribution is 0.405. The Kier molecular flexibility index (Phi) is 2.11. The maximum atomic E-state index is 9.43. The van der Waals surface area contributed by atoms with Crippen LogP contribution in [0.5, 0.6) is 11.5 Å². The third-order valence-corrected chi connectivity index (χ3v) is 2.30. The summed E-state index contributed by atoms with van der Waals surface area (Å²) in [7, 11) is 3.83. The van der Waals surface area contributed by atoms with Gasteiger partial charge < -0.3 is 15.1 Å². The van der Waals surface area contributed by atoms with Crippen LogP contribution in [0, 0.1) is 0 Å². The van der Waals surface area contributed by atoms with Crippen molar-refractivity contribution in [1.29, 1.82) is 0 Å². The van der Waals surface area contributed by atoms with Gasteiger partial charge in [0.2, 0.25) is 0 Å². The van der Waals surface area contributed by atoms with Crippen molar-refractivity contribution in [2.24, 2.45) is 0 Å². The van der Waals surface area contributed by atoms with Crippen molar-refractivity contribution < 1.29 is 10.2 Å². The van der Waals surface area contributed by atoms with Crippen LogP contribution in [-0.2, 0) is 0 Å². The fraction of sp³-hybridized carbons (Fsp3) is 0.182. The molecular weight excluding hydrogens is 192 g/mol. The first-order valence-corrected chi connectivity index (χ1v) is 4.57. The zero-order valence-electron chi connectivity index (χ0n) is 8.60. The van der Waals surface area contributed by atoms with E-state index in [1.165, 1.54) is 12.1 Å². The van der Waals surface area contributed by atoms with Gasteiger partial charge in [-0.1, -0.05) is 0 Å². The van der Waals surface area contributed by atoms with Gasteiger partial charge in [0.05, 0.1) is 5.52 Å². The van der Waals surface area contributed by atoms with Crippen molar-refractivity contribution in [3.8, 4) is 11.5 Å². The van der Waals surface area contributed by atoms with Crippen LogP contribution < -0.4 is 4.90 Å². The number of anilines is 1. The molecule has 1 aromatic heterocycles. The van der Waals surface area contributed by atoms with E-state index in [0.717, 1.165) is 11.1 Å².